The molecule has 0 spiro atoms. The molecule has 3 heteroatoms. The van der Waals surface area contributed by atoms with E-state index in [4.69, 9.17) is 4.98 Å². The Bertz CT molecular complexity index is 440. The maximum Gasteiger partial charge on any atom is 0.129 e. The minimum atomic E-state index is 0.151. The van der Waals surface area contributed by atoms with Crippen LogP contribution >= 0.6 is 0 Å². The van der Waals surface area contributed by atoms with Gasteiger partial charge in [0.1, 0.15) is 5.82 Å². The lowest BCUT2D eigenvalue weighted by Gasteiger charge is -2.24. The molecule has 0 saturated carbocycles. The molecule has 2 heterocycles. The monoisotopic (exact) mass is 289 g/mol. The zero-order valence-corrected chi connectivity index (χ0v) is 14.2. The van der Waals surface area contributed by atoms with Crippen LogP contribution in [-0.2, 0) is 13.0 Å². The predicted molar refractivity (Wildman–Crippen MR) is 90.9 cm³/mol. The van der Waals surface area contributed by atoms with E-state index < -0.39 is 0 Å². The zero-order chi connectivity index (χ0) is 15.3. The molecule has 0 radical (unpaired) electrons. The number of anilines is 1. The highest BCUT2D eigenvalue weighted by atomic mass is 15.2. The van der Waals surface area contributed by atoms with Crippen molar-refractivity contribution < 1.29 is 0 Å². The van der Waals surface area contributed by atoms with Crippen molar-refractivity contribution in [3.8, 4) is 0 Å². The first-order valence-electron chi connectivity index (χ1n) is 8.48. The molecule has 1 aliphatic heterocycles. The fraction of sp³-hybridized carbons (Fsp3) is 0.722. The second-order valence-electron chi connectivity index (χ2n) is 7.18. The summed E-state index contributed by atoms with van der Waals surface area (Å²) in [5, 5.41) is 3.59. The molecule has 3 nitrogen and oxygen atoms in total. The summed E-state index contributed by atoms with van der Waals surface area (Å²) in [6.45, 7) is 12.1. The first-order valence-corrected chi connectivity index (χ1v) is 8.48. The Kier molecular flexibility index (Phi) is 5.63. The van der Waals surface area contributed by atoms with Crippen LogP contribution in [0.4, 0.5) is 5.82 Å². The van der Waals surface area contributed by atoms with E-state index in [0.29, 0.717) is 0 Å². The number of rotatable bonds is 4. The predicted octanol–water partition coefficient (Wildman–Crippen LogP) is 3.91. The normalized spacial score (nSPS) is 16.9. The molecule has 0 unspecified atom stereocenters. The second-order valence-corrected chi connectivity index (χ2v) is 7.18. The first kappa shape index (κ1) is 16.3. The van der Waals surface area contributed by atoms with Gasteiger partial charge < -0.3 is 10.2 Å². The van der Waals surface area contributed by atoms with E-state index in [9.17, 15) is 0 Å². The number of nitrogens with one attached hydrogen (secondary N) is 1. The van der Waals surface area contributed by atoms with Crippen molar-refractivity contribution in [2.24, 2.45) is 0 Å². The summed E-state index contributed by atoms with van der Waals surface area (Å²) in [6.07, 6.45) is 6.33. The van der Waals surface area contributed by atoms with Crippen molar-refractivity contribution >= 4 is 5.82 Å². The number of hydrogen-bond donors (Lipinski definition) is 1. The molecule has 2 rings (SSSR count). The molecule has 0 amide bonds. The van der Waals surface area contributed by atoms with Gasteiger partial charge in [0.15, 0.2) is 0 Å². The molecule has 21 heavy (non-hydrogen) atoms. The van der Waals surface area contributed by atoms with E-state index in [1.165, 1.54) is 42.8 Å². The summed E-state index contributed by atoms with van der Waals surface area (Å²) in [7, 11) is 0. The van der Waals surface area contributed by atoms with Crippen LogP contribution in [0, 0.1) is 0 Å². The van der Waals surface area contributed by atoms with Gasteiger partial charge in [-0.05, 0) is 57.7 Å². The van der Waals surface area contributed by atoms with Gasteiger partial charge in [0, 0.05) is 30.9 Å². The number of aryl methyl sites for hydroxylation is 1. The minimum absolute atomic E-state index is 0.151. The summed E-state index contributed by atoms with van der Waals surface area (Å²) in [6, 6.07) is 4.53. The van der Waals surface area contributed by atoms with E-state index in [-0.39, 0.29) is 5.54 Å². The Morgan fingerprint density at radius 2 is 1.76 bits per heavy atom. The van der Waals surface area contributed by atoms with Gasteiger partial charge in [0.2, 0.25) is 0 Å². The fourth-order valence-electron chi connectivity index (χ4n) is 2.75. The zero-order valence-electron chi connectivity index (χ0n) is 14.2. The molecule has 1 fully saturated rings. The Hall–Kier alpha value is -1.09. The molecule has 1 aromatic rings. The molecule has 0 bridgehead atoms. The van der Waals surface area contributed by atoms with E-state index in [2.05, 4.69) is 50.0 Å². The summed E-state index contributed by atoms with van der Waals surface area (Å²) >= 11 is 0. The number of nitrogens with zero attached hydrogens (tertiary/aromatic N) is 2. The third-order valence-corrected chi connectivity index (χ3v) is 4.04. The van der Waals surface area contributed by atoms with Crippen molar-refractivity contribution in [1.29, 1.82) is 0 Å². The van der Waals surface area contributed by atoms with Crippen molar-refractivity contribution in [1.82, 2.24) is 10.3 Å². The lowest BCUT2D eigenvalue weighted by molar-refractivity contribution is 0.424. The van der Waals surface area contributed by atoms with Gasteiger partial charge in [-0.15, -0.1) is 0 Å². The maximum absolute atomic E-state index is 4.86. The molecule has 1 N–H and O–H groups in total. The highest BCUT2D eigenvalue weighted by molar-refractivity contribution is 5.43. The summed E-state index contributed by atoms with van der Waals surface area (Å²) in [5.41, 5.74) is 2.72. The minimum Gasteiger partial charge on any atom is -0.357 e. The summed E-state index contributed by atoms with van der Waals surface area (Å²) < 4.78 is 0. The first-order chi connectivity index (χ1) is 9.98. The van der Waals surface area contributed by atoms with Crippen molar-refractivity contribution in [2.75, 3.05) is 18.0 Å². The third kappa shape index (κ3) is 5.31. The number of hydrogen-bond acceptors (Lipinski definition) is 3. The van der Waals surface area contributed by atoms with E-state index in [1.54, 1.807) is 0 Å². The third-order valence-electron chi connectivity index (χ3n) is 4.04. The molecule has 1 saturated heterocycles. The molecule has 0 atom stereocenters. The Morgan fingerprint density at radius 3 is 2.33 bits per heavy atom. The van der Waals surface area contributed by atoms with Crippen LogP contribution in [-0.4, -0.2) is 23.6 Å². The van der Waals surface area contributed by atoms with Crippen LogP contribution in [0.1, 0.15) is 64.6 Å². The fourth-order valence-corrected chi connectivity index (χ4v) is 2.75. The van der Waals surface area contributed by atoms with Crippen molar-refractivity contribution in [3.05, 3.63) is 23.4 Å². The van der Waals surface area contributed by atoms with Crippen molar-refractivity contribution in [2.45, 2.75) is 71.9 Å². The van der Waals surface area contributed by atoms with Gasteiger partial charge in [-0.25, -0.2) is 4.98 Å². The molecule has 0 aliphatic carbocycles. The lowest BCUT2D eigenvalue weighted by atomic mass is 10.1. The van der Waals surface area contributed by atoms with Crippen LogP contribution in [0.15, 0.2) is 12.1 Å². The topological polar surface area (TPSA) is 28.2 Å². The highest BCUT2D eigenvalue weighted by Crippen LogP contribution is 2.20. The largest absolute Gasteiger partial charge is 0.357 e. The summed E-state index contributed by atoms with van der Waals surface area (Å²) in [5.74, 6) is 1.18. The van der Waals surface area contributed by atoms with Gasteiger partial charge in [-0.2, -0.15) is 0 Å². The highest BCUT2D eigenvalue weighted by Gasteiger charge is 2.14. The molecule has 118 valence electrons. The Balaban J connectivity index is 2.16. The smallest absolute Gasteiger partial charge is 0.129 e. The van der Waals surface area contributed by atoms with Gasteiger partial charge in [0.25, 0.3) is 0 Å². The standard InChI is InChI=1S/C18H31N3/c1-5-16-12-15(14-19-18(2,3)4)13-17(20-16)21-10-8-6-7-9-11-21/h12-13,19H,5-11,14H2,1-4H3. The van der Waals surface area contributed by atoms with Gasteiger partial charge >= 0.3 is 0 Å². The quantitative estimate of drug-likeness (QED) is 0.911. The molecular formula is C18H31N3. The SMILES string of the molecule is CCc1cc(CNC(C)(C)C)cc(N2CCCCCC2)n1. The van der Waals surface area contributed by atoms with E-state index in [1.807, 2.05) is 0 Å². The maximum atomic E-state index is 4.86. The average molecular weight is 289 g/mol. The van der Waals surface area contributed by atoms with Gasteiger partial charge in [-0.3, -0.25) is 0 Å². The van der Waals surface area contributed by atoms with Gasteiger partial charge in [0.05, 0.1) is 0 Å². The number of pyridine rings is 1. The average Bonchev–Trinajstić information content (AvgIpc) is 2.73. The summed E-state index contributed by atoms with van der Waals surface area (Å²) in [4.78, 5) is 7.34. The molecule has 0 aromatic carbocycles. The molecule has 1 aliphatic rings. The number of aromatic nitrogens is 1. The van der Waals surface area contributed by atoms with Crippen LogP contribution < -0.4 is 10.2 Å². The second kappa shape index (κ2) is 7.26. The van der Waals surface area contributed by atoms with Crippen molar-refractivity contribution in [3.63, 3.8) is 0 Å². The van der Waals surface area contributed by atoms with Gasteiger partial charge in [-0.1, -0.05) is 19.8 Å². The van der Waals surface area contributed by atoms with Crippen LogP contribution in [0.25, 0.3) is 0 Å². The van der Waals surface area contributed by atoms with E-state index >= 15 is 0 Å². The van der Waals surface area contributed by atoms with Crippen LogP contribution in [0.3, 0.4) is 0 Å². The van der Waals surface area contributed by atoms with Crippen LogP contribution in [0.2, 0.25) is 0 Å². The van der Waals surface area contributed by atoms with Crippen LogP contribution in [0.5, 0.6) is 0 Å². The molecular weight excluding hydrogens is 258 g/mol. The van der Waals surface area contributed by atoms with E-state index in [0.717, 1.165) is 26.1 Å². The lowest BCUT2D eigenvalue weighted by Crippen LogP contribution is -2.35. The molecule has 1 aromatic heterocycles. The Morgan fingerprint density at radius 1 is 1.10 bits per heavy atom. The Labute approximate surface area is 130 Å².